The van der Waals surface area contributed by atoms with Gasteiger partial charge in [0.25, 0.3) is 0 Å². The number of rotatable bonds is 6. The fraction of sp³-hybridized carbons (Fsp3) is 0.500. The summed E-state index contributed by atoms with van der Waals surface area (Å²) in [6.07, 6.45) is 4.90. The van der Waals surface area contributed by atoms with Crippen molar-refractivity contribution in [3.05, 3.63) is 32.7 Å². The van der Waals surface area contributed by atoms with E-state index in [1.54, 1.807) is 23.2 Å². The van der Waals surface area contributed by atoms with E-state index in [9.17, 15) is 9.59 Å². The highest BCUT2D eigenvalue weighted by Crippen LogP contribution is 2.25. The van der Waals surface area contributed by atoms with E-state index in [0.29, 0.717) is 12.0 Å². The molecule has 114 valence electrons. The van der Waals surface area contributed by atoms with Gasteiger partial charge in [-0.05, 0) is 34.5 Å². The number of hydrogen-bond donors (Lipinski definition) is 0. The minimum absolute atomic E-state index is 0.0792. The zero-order chi connectivity index (χ0) is 15.6. The molecule has 2 aromatic rings. The Morgan fingerprint density at radius 2 is 1.71 bits per heavy atom. The van der Waals surface area contributed by atoms with Crippen LogP contribution in [0.2, 0.25) is 0 Å². The van der Waals surface area contributed by atoms with Crippen molar-refractivity contribution in [2.45, 2.75) is 39.0 Å². The van der Waals surface area contributed by atoms with E-state index in [1.807, 2.05) is 12.1 Å². The molecule has 0 aliphatic rings. The van der Waals surface area contributed by atoms with Gasteiger partial charge < -0.3 is 0 Å². The van der Waals surface area contributed by atoms with Crippen LogP contribution in [0.4, 0.5) is 0 Å². The van der Waals surface area contributed by atoms with Crippen LogP contribution in [0.3, 0.4) is 0 Å². The topological polar surface area (TPSA) is 44.0 Å². The maximum absolute atomic E-state index is 12.4. The van der Waals surface area contributed by atoms with Gasteiger partial charge in [0.1, 0.15) is 0 Å². The van der Waals surface area contributed by atoms with Gasteiger partial charge in [0.15, 0.2) is 5.78 Å². The van der Waals surface area contributed by atoms with E-state index in [0.717, 1.165) is 34.8 Å². The molecule has 1 aromatic carbocycles. The van der Waals surface area contributed by atoms with Crippen molar-refractivity contribution in [3.8, 4) is 0 Å². The second-order valence-electron chi connectivity index (χ2n) is 5.46. The first-order valence-corrected chi connectivity index (χ1v) is 8.14. The molecule has 0 radical (unpaired) electrons. The molecule has 0 saturated carbocycles. The highest BCUT2D eigenvalue weighted by Gasteiger charge is 2.15. The quantitative estimate of drug-likeness (QED) is 0.586. The number of aryl methyl sites for hydroxylation is 2. The number of halogens is 1. The predicted molar refractivity (Wildman–Crippen MR) is 88.9 cm³/mol. The van der Waals surface area contributed by atoms with Crippen LogP contribution in [0.25, 0.3) is 11.0 Å². The van der Waals surface area contributed by atoms with E-state index >= 15 is 0 Å². The summed E-state index contributed by atoms with van der Waals surface area (Å²) in [5.41, 5.74) is 2.21. The van der Waals surface area contributed by atoms with Crippen LogP contribution < -0.4 is 5.69 Å². The highest BCUT2D eigenvalue weighted by atomic mass is 79.9. The first kappa shape index (κ1) is 16.0. The lowest BCUT2D eigenvalue weighted by Gasteiger charge is -2.06. The smallest absolute Gasteiger partial charge is 0.295 e. The van der Waals surface area contributed by atoms with E-state index < -0.39 is 0 Å². The molecule has 0 bridgehead atoms. The predicted octanol–water partition coefficient (Wildman–Crippen LogP) is 3.79. The van der Waals surface area contributed by atoms with Crippen molar-refractivity contribution in [1.29, 1.82) is 0 Å². The molecule has 0 fully saturated rings. The number of Topliss-reactive ketones (excluding diaryl/α,β-unsaturated/α-hetero) is 1. The molecule has 0 aliphatic heterocycles. The minimum Gasteiger partial charge on any atom is -0.295 e. The average molecular weight is 353 g/mol. The number of carbonyl (C=O) groups is 1. The summed E-state index contributed by atoms with van der Waals surface area (Å²) in [6, 6.07) is 3.68. The first-order chi connectivity index (χ1) is 9.97. The van der Waals surface area contributed by atoms with Gasteiger partial charge in [-0.15, -0.1) is 0 Å². The Hall–Kier alpha value is -1.36. The van der Waals surface area contributed by atoms with Crippen LogP contribution in [0, 0.1) is 0 Å². The fourth-order valence-corrected chi connectivity index (χ4v) is 3.13. The van der Waals surface area contributed by atoms with E-state index in [-0.39, 0.29) is 11.5 Å². The Kier molecular flexibility index (Phi) is 5.04. The Bertz CT molecular complexity index is 728. The molecule has 2 rings (SSSR count). The number of aromatic nitrogens is 2. The third kappa shape index (κ3) is 3.12. The molecule has 0 N–H and O–H groups in total. The van der Waals surface area contributed by atoms with Crippen LogP contribution >= 0.6 is 15.9 Å². The number of imidazole rings is 1. The third-order valence-electron chi connectivity index (χ3n) is 3.92. The zero-order valence-electron chi connectivity index (χ0n) is 12.8. The number of hydrogen-bond acceptors (Lipinski definition) is 2. The summed E-state index contributed by atoms with van der Waals surface area (Å²) in [6.45, 7) is 2.16. The lowest BCUT2D eigenvalue weighted by Crippen LogP contribution is -2.19. The monoisotopic (exact) mass is 352 g/mol. The molecular formula is C16H21BrN2O2. The first-order valence-electron chi connectivity index (χ1n) is 7.35. The summed E-state index contributed by atoms with van der Waals surface area (Å²) >= 11 is 3.46. The van der Waals surface area contributed by atoms with E-state index in [2.05, 4.69) is 22.9 Å². The van der Waals surface area contributed by atoms with E-state index in [4.69, 9.17) is 0 Å². The molecule has 0 spiro atoms. The molecule has 1 aromatic heterocycles. The Morgan fingerprint density at radius 1 is 1.10 bits per heavy atom. The minimum atomic E-state index is -0.0792. The van der Waals surface area contributed by atoms with Gasteiger partial charge in [-0.1, -0.05) is 26.2 Å². The lowest BCUT2D eigenvalue weighted by molar-refractivity contribution is 0.0978. The van der Waals surface area contributed by atoms with Gasteiger partial charge in [-0.3, -0.25) is 13.9 Å². The van der Waals surface area contributed by atoms with Crippen molar-refractivity contribution in [2.75, 3.05) is 0 Å². The van der Waals surface area contributed by atoms with Gasteiger partial charge in [0, 0.05) is 30.6 Å². The van der Waals surface area contributed by atoms with Crippen molar-refractivity contribution < 1.29 is 4.79 Å². The second-order valence-corrected chi connectivity index (χ2v) is 6.31. The molecule has 4 nitrogen and oxygen atoms in total. The second kappa shape index (κ2) is 6.60. The summed E-state index contributed by atoms with van der Waals surface area (Å²) in [4.78, 5) is 24.3. The van der Waals surface area contributed by atoms with Gasteiger partial charge in [0.2, 0.25) is 0 Å². The number of benzene rings is 1. The Morgan fingerprint density at radius 3 is 2.33 bits per heavy atom. The number of fused-ring (bicyclic) bond motifs is 1. The Balaban J connectivity index is 2.32. The molecule has 0 aliphatic carbocycles. The molecule has 0 saturated heterocycles. The maximum atomic E-state index is 12.4. The largest absolute Gasteiger partial charge is 0.328 e. The van der Waals surface area contributed by atoms with Crippen LogP contribution in [-0.4, -0.2) is 14.9 Å². The molecule has 0 atom stereocenters. The van der Waals surface area contributed by atoms with Crippen molar-refractivity contribution in [1.82, 2.24) is 9.13 Å². The van der Waals surface area contributed by atoms with Crippen LogP contribution in [0.5, 0.6) is 0 Å². The summed E-state index contributed by atoms with van der Waals surface area (Å²) in [5, 5.41) is 0. The van der Waals surface area contributed by atoms with Gasteiger partial charge in [-0.25, -0.2) is 4.79 Å². The molecule has 0 unspecified atom stereocenters. The molecular weight excluding hydrogens is 332 g/mol. The molecule has 1 heterocycles. The normalized spacial score (nSPS) is 11.2. The van der Waals surface area contributed by atoms with Gasteiger partial charge in [0.05, 0.1) is 11.0 Å². The molecule has 5 heteroatoms. The van der Waals surface area contributed by atoms with E-state index in [1.165, 1.54) is 6.42 Å². The van der Waals surface area contributed by atoms with Crippen LogP contribution in [-0.2, 0) is 14.1 Å². The molecule has 0 amide bonds. The van der Waals surface area contributed by atoms with Crippen LogP contribution in [0.1, 0.15) is 49.4 Å². The summed E-state index contributed by atoms with van der Waals surface area (Å²) in [5.74, 6) is 0.135. The van der Waals surface area contributed by atoms with Crippen LogP contribution in [0.15, 0.2) is 21.4 Å². The molecule has 21 heavy (non-hydrogen) atoms. The third-order valence-corrected chi connectivity index (χ3v) is 4.57. The standard InChI is InChI=1S/C16H21BrN2O2/c1-4-5-6-7-8-15(20)11-9-13-14(10-12(11)17)19(3)16(21)18(13)2/h9-10H,4-8H2,1-3H3. The van der Waals surface area contributed by atoms with Gasteiger partial charge in [-0.2, -0.15) is 0 Å². The number of unbranched alkanes of at least 4 members (excludes halogenated alkanes) is 3. The zero-order valence-corrected chi connectivity index (χ0v) is 14.4. The average Bonchev–Trinajstić information content (AvgIpc) is 2.67. The number of ketones is 1. The van der Waals surface area contributed by atoms with Gasteiger partial charge >= 0.3 is 5.69 Å². The fourth-order valence-electron chi connectivity index (χ4n) is 2.58. The summed E-state index contributed by atoms with van der Waals surface area (Å²) in [7, 11) is 3.47. The Labute approximate surface area is 132 Å². The van der Waals surface area contributed by atoms with Crippen molar-refractivity contribution in [3.63, 3.8) is 0 Å². The maximum Gasteiger partial charge on any atom is 0.328 e. The SMILES string of the molecule is CCCCCCC(=O)c1cc2c(cc1Br)n(C)c(=O)n2C. The summed E-state index contributed by atoms with van der Waals surface area (Å²) < 4.78 is 3.93. The number of carbonyl (C=O) groups excluding carboxylic acids is 1. The van der Waals surface area contributed by atoms with Crippen molar-refractivity contribution in [2.24, 2.45) is 14.1 Å². The van der Waals surface area contributed by atoms with Crippen molar-refractivity contribution >= 4 is 32.7 Å². The lowest BCUT2D eigenvalue weighted by atomic mass is 10.0. The highest BCUT2D eigenvalue weighted by molar-refractivity contribution is 9.10. The number of nitrogens with zero attached hydrogens (tertiary/aromatic N) is 2.